The van der Waals surface area contributed by atoms with Gasteiger partial charge in [0.15, 0.2) is 6.61 Å². The van der Waals surface area contributed by atoms with E-state index in [1.54, 1.807) is 36.2 Å². The van der Waals surface area contributed by atoms with Gasteiger partial charge < -0.3 is 15.0 Å². The summed E-state index contributed by atoms with van der Waals surface area (Å²) in [6.45, 7) is 0.557. The molecular weight excluding hydrogens is 328 g/mol. The lowest BCUT2D eigenvalue weighted by molar-refractivity contribution is -0.120. The van der Waals surface area contributed by atoms with Crippen molar-refractivity contribution in [2.75, 3.05) is 25.1 Å². The van der Waals surface area contributed by atoms with Crippen LogP contribution in [0.3, 0.4) is 0 Å². The Morgan fingerprint density at radius 2 is 2.12 bits per heavy atom. The van der Waals surface area contributed by atoms with Gasteiger partial charge in [0.25, 0.3) is 11.8 Å². The Morgan fingerprint density at radius 1 is 1.29 bits per heavy atom. The lowest BCUT2D eigenvalue weighted by Crippen LogP contribution is -2.35. The second-order valence-electron chi connectivity index (χ2n) is 5.56. The van der Waals surface area contributed by atoms with Crippen LogP contribution in [-0.4, -0.2) is 32.0 Å². The van der Waals surface area contributed by atoms with Crippen molar-refractivity contribution in [3.63, 3.8) is 0 Å². The first-order chi connectivity index (χ1) is 11.5. The molecule has 1 aliphatic heterocycles. The normalized spacial score (nSPS) is 13.2. The molecule has 0 bridgehead atoms. The Labute approximate surface area is 145 Å². The second kappa shape index (κ2) is 6.93. The standard InChI is InChI=1S/C18H17ClN2O3/c1-21-15-9-12(5-6-16(15)24-11-17(21)22)7-8-20-18(23)13-3-2-4-14(19)10-13/h2-6,9-10H,7-8,11H2,1H3,(H,20,23). The Bertz CT molecular complexity index is 792. The molecule has 5 nitrogen and oxygen atoms in total. The van der Waals surface area contributed by atoms with Crippen LogP contribution in [-0.2, 0) is 11.2 Å². The zero-order valence-corrected chi connectivity index (χ0v) is 14.0. The van der Waals surface area contributed by atoms with Crippen molar-refractivity contribution in [3.8, 4) is 5.75 Å². The summed E-state index contributed by atoms with van der Waals surface area (Å²) in [6, 6.07) is 12.5. The van der Waals surface area contributed by atoms with Gasteiger partial charge in [-0.05, 0) is 42.3 Å². The fourth-order valence-electron chi connectivity index (χ4n) is 2.53. The number of halogens is 1. The number of hydrogen-bond acceptors (Lipinski definition) is 3. The van der Waals surface area contributed by atoms with Crippen LogP contribution in [0, 0.1) is 0 Å². The largest absolute Gasteiger partial charge is 0.482 e. The van der Waals surface area contributed by atoms with Gasteiger partial charge in [-0.3, -0.25) is 9.59 Å². The number of carbonyl (C=O) groups excluding carboxylic acids is 2. The van der Waals surface area contributed by atoms with E-state index in [4.69, 9.17) is 16.3 Å². The Hall–Kier alpha value is -2.53. The van der Waals surface area contributed by atoms with Gasteiger partial charge in [-0.15, -0.1) is 0 Å². The number of rotatable bonds is 4. The van der Waals surface area contributed by atoms with E-state index in [0.29, 0.717) is 29.3 Å². The first-order valence-electron chi connectivity index (χ1n) is 7.60. The highest BCUT2D eigenvalue weighted by Gasteiger charge is 2.22. The minimum Gasteiger partial charge on any atom is -0.482 e. The van der Waals surface area contributed by atoms with Gasteiger partial charge in [-0.2, -0.15) is 0 Å². The summed E-state index contributed by atoms with van der Waals surface area (Å²) in [5.74, 6) is 0.462. The predicted molar refractivity (Wildman–Crippen MR) is 92.8 cm³/mol. The van der Waals surface area contributed by atoms with Crippen LogP contribution in [0.5, 0.6) is 5.75 Å². The molecule has 3 rings (SSSR count). The molecule has 124 valence electrons. The number of nitrogens with one attached hydrogen (secondary N) is 1. The highest BCUT2D eigenvalue weighted by molar-refractivity contribution is 6.30. The summed E-state index contributed by atoms with van der Waals surface area (Å²) in [5, 5.41) is 3.40. The third-order valence-corrected chi connectivity index (χ3v) is 4.13. The third kappa shape index (κ3) is 3.51. The molecule has 6 heteroatoms. The van der Waals surface area contributed by atoms with Gasteiger partial charge in [-0.25, -0.2) is 0 Å². The molecule has 0 aromatic heterocycles. The number of hydrogen-bond donors (Lipinski definition) is 1. The van der Waals surface area contributed by atoms with Crippen LogP contribution in [0.2, 0.25) is 5.02 Å². The van der Waals surface area contributed by atoms with Gasteiger partial charge in [0, 0.05) is 24.2 Å². The van der Waals surface area contributed by atoms with Crippen molar-refractivity contribution in [2.24, 2.45) is 0 Å². The van der Waals surface area contributed by atoms with Gasteiger partial charge >= 0.3 is 0 Å². The summed E-state index contributed by atoms with van der Waals surface area (Å²) in [4.78, 5) is 25.4. The first-order valence-corrected chi connectivity index (χ1v) is 7.98. The van der Waals surface area contributed by atoms with Gasteiger partial charge in [-0.1, -0.05) is 23.7 Å². The van der Waals surface area contributed by atoms with Gasteiger partial charge in [0.1, 0.15) is 5.75 Å². The molecular formula is C18H17ClN2O3. The van der Waals surface area contributed by atoms with Crippen LogP contribution >= 0.6 is 11.6 Å². The molecule has 0 fully saturated rings. The maximum absolute atomic E-state index is 12.1. The fourth-order valence-corrected chi connectivity index (χ4v) is 2.72. The molecule has 0 spiro atoms. The van der Waals surface area contributed by atoms with Gasteiger partial charge in [0.2, 0.25) is 0 Å². The average molecular weight is 345 g/mol. The molecule has 1 heterocycles. The van der Waals surface area contributed by atoms with Crippen LogP contribution in [0.15, 0.2) is 42.5 Å². The molecule has 0 aliphatic carbocycles. The molecule has 0 saturated heterocycles. The lowest BCUT2D eigenvalue weighted by atomic mass is 10.1. The Balaban J connectivity index is 1.61. The summed E-state index contributed by atoms with van der Waals surface area (Å²) in [6.07, 6.45) is 0.654. The van der Waals surface area contributed by atoms with Gasteiger partial charge in [0.05, 0.1) is 5.69 Å². The zero-order chi connectivity index (χ0) is 17.1. The number of nitrogens with zero attached hydrogens (tertiary/aromatic N) is 1. The van der Waals surface area contributed by atoms with Crippen molar-refractivity contribution in [1.29, 1.82) is 0 Å². The molecule has 1 N–H and O–H groups in total. The maximum atomic E-state index is 12.1. The minimum atomic E-state index is -0.161. The summed E-state index contributed by atoms with van der Waals surface area (Å²) >= 11 is 5.89. The number of anilines is 1. The highest BCUT2D eigenvalue weighted by atomic mass is 35.5. The van der Waals surface area contributed by atoms with E-state index in [2.05, 4.69) is 5.32 Å². The van der Waals surface area contributed by atoms with Crippen LogP contribution in [0.25, 0.3) is 0 Å². The predicted octanol–water partition coefficient (Wildman–Crippen LogP) is 2.67. The molecule has 1 aliphatic rings. The van der Waals surface area contributed by atoms with Crippen LogP contribution < -0.4 is 15.0 Å². The smallest absolute Gasteiger partial charge is 0.264 e. The Kier molecular flexibility index (Phi) is 4.71. The van der Waals surface area contributed by atoms with Crippen molar-refractivity contribution in [2.45, 2.75) is 6.42 Å². The van der Waals surface area contributed by atoms with E-state index < -0.39 is 0 Å². The van der Waals surface area contributed by atoms with E-state index >= 15 is 0 Å². The SMILES string of the molecule is CN1C(=O)COc2ccc(CCNC(=O)c3cccc(Cl)c3)cc21. The maximum Gasteiger partial charge on any atom is 0.264 e. The lowest BCUT2D eigenvalue weighted by Gasteiger charge is -2.26. The molecule has 0 saturated carbocycles. The number of amides is 2. The average Bonchev–Trinajstić information content (AvgIpc) is 2.58. The second-order valence-corrected chi connectivity index (χ2v) is 6.00. The van der Waals surface area contributed by atoms with Crippen molar-refractivity contribution >= 4 is 29.1 Å². The molecule has 0 atom stereocenters. The van der Waals surface area contributed by atoms with Crippen molar-refractivity contribution in [3.05, 3.63) is 58.6 Å². The molecule has 0 radical (unpaired) electrons. The number of benzene rings is 2. The monoisotopic (exact) mass is 344 g/mol. The topological polar surface area (TPSA) is 58.6 Å². The van der Waals surface area contributed by atoms with Crippen molar-refractivity contribution in [1.82, 2.24) is 5.32 Å². The molecule has 2 amide bonds. The fraction of sp³-hybridized carbons (Fsp3) is 0.222. The summed E-state index contributed by atoms with van der Waals surface area (Å²) in [5.41, 5.74) is 2.31. The van der Waals surface area contributed by atoms with Crippen molar-refractivity contribution < 1.29 is 14.3 Å². The van der Waals surface area contributed by atoms with E-state index in [1.807, 2.05) is 18.2 Å². The molecule has 0 unspecified atom stereocenters. The molecule has 2 aromatic rings. The number of carbonyl (C=O) groups is 2. The minimum absolute atomic E-state index is 0.0680. The first kappa shape index (κ1) is 16.3. The zero-order valence-electron chi connectivity index (χ0n) is 13.2. The number of fused-ring (bicyclic) bond motifs is 1. The van der Waals surface area contributed by atoms with E-state index in [9.17, 15) is 9.59 Å². The van der Waals surface area contributed by atoms with E-state index in [1.165, 1.54) is 0 Å². The Morgan fingerprint density at radius 3 is 2.92 bits per heavy atom. The van der Waals surface area contributed by atoms with Crippen LogP contribution in [0.4, 0.5) is 5.69 Å². The van der Waals surface area contributed by atoms with E-state index in [-0.39, 0.29) is 18.4 Å². The third-order valence-electron chi connectivity index (χ3n) is 3.90. The number of ether oxygens (including phenoxy) is 1. The molecule has 2 aromatic carbocycles. The summed E-state index contributed by atoms with van der Waals surface area (Å²) in [7, 11) is 1.73. The molecule has 24 heavy (non-hydrogen) atoms. The van der Waals surface area contributed by atoms with E-state index in [0.717, 1.165) is 11.3 Å². The summed E-state index contributed by atoms with van der Waals surface area (Å²) < 4.78 is 5.40. The van der Waals surface area contributed by atoms with Crippen LogP contribution in [0.1, 0.15) is 15.9 Å². The quantitative estimate of drug-likeness (QED) is 0.927. The highest BCUT2D eigenvalue weighted by Crippen LogP contribution is 2.31. The number of likely N-dealkylation sites (N-methyl/N-ethyl adjacent to an activating group) is 1.